The number of aliphatic hydroxyl groups excluding tert-OH is 1. The number of carbonyl (C=O) groups is 4. The molecule has 2 N–H and O–H groups in total. The molecule has 49 heavy (non-hydrogen) atoms. The first kappa shape index (κ1) is 36.8. The maximum absolute atomic E-state index is 14.9. The highest BCUT2D eigenvalue weighted by Gasteiger charge is 2.77. The Kier molecular flexibility index (Phi) is 11.7. The fourth-order valence-corrected chi connectivity index (χ4v) is 8.86. The number of nitrogens with one attached hydrogen (secondary N) is 1. The lowest BCUT2D eigenvalue weighted by atomic mass is 9.70. The first-order chi connectivity index (χ1) is 23.5. The van der Waals surface area contributed by atoms with Gasteiger partial charge in [-0.05, 0) is 43.4 Å². The summed E-state index contributed by atoms with van der Waals surface area (Å²) in [7, 11) is 0. The van der Waals surface area contributed by atoms with E-state index in [1.54, 1.807) is 36.4 Å². The number of para-hydroxylation sites is 1. The number of aryl methyl sites for hydroxylation is 1. The van der Waals surface area contributed by atoms with Crippen molar-refractivity contribution in [3.63, 3.8) is 0 Å². The predicted molar refractivity (Wildman–Crippen MR) is 190 cm³/mol. The van der Waals surface area contributed by atoms with Gasteiger partial charge < -0.3 is 29.7 Å². The van der Waals surface area contributed by atoms with Crippen LogP contribution in [0.3, 0.4) is 0 Å². The largest absolute Gasteiger partial charge is 0.455 e. The Morgan fingerprint density at radius 1 is 1.20 bits per heavy atom. The maximum Gasteiger partial charge on any atom is 0.313 e. The zero-order valence-corrected chi connectivity index (χ0v) is 30.1. The number of amides is 3. The van der Waals surface area contributed by atoms with Gasteiger partial charge >= 0.3 is 5.97 Å². The summed E-state index contributed by atoms with van der Waals surface area (Å²) in [6.07, 6.45) is 3.01. The molecular formula is C37H43BrClN3O7. The number of allylic oxidation sites excluding steroid dienone is 1. The molecule has 3 saturated heterocycles. The van der Waals surface area contributed by atoms with Gasteiger partial charge in [0.25, 0.3) is 5.91 Å². The van der Waals surface area contributed by atoms with Gasteiger partial charge in [-0.15, -0.1) is 13.2 Å². The van der Waals surface area contributed by atoms with Gasteiger partial charge in [-0.3, -0.25) is 19.2 Å². The second kappa shape index (κ2) is 15.6. The van der Waals surface area contributed by atoms with E-state index in [2.05, 4.69) is 34.4 Å². The minimum absolute atomic E-state index is 0.0226. The van der Waals surface area contributed by atoms with E-state index < -0.39 is 59.5 Å². The molecule has 3 heterocycles. The van der Waals surface area contributed by atoms with E-state index in [1.807, 2.05) is 38.1 Å². The molecule has 3 fully saturated rings. The van der Waals surface area contributed by atoms with E-state index in [0.717, 1.165) is 5.56 Å². The lowest BCUT2D eigenvalue weighted by Gasteiger charge is -2.39. The average Bonchev–Trinajstić information content (AvgIpc) is 3.69. The van der Waals surface area contributed by atoms with Crippen molar-refractivity contribution < 1.29 is 33.8 Å². The molecule has 12 heteroatoms. The summed E-state index contributed by atoms with van der Waals surface area (Å²) in [6, 6.07) is 12.5. The van der Waals surface area contributed by atoms with Crippen molar-refractivity contribution in [2.24, 2.45) is 11.8 Å². The molecule has 262 valence electrons. The third-order valence-electron chi connectivity index (χ3n) is 9.83. The first-order valence-corrected chi connectivity index (χ1v) is 17.9. The van der Waals surface area contributed by atoms with Crippen LogP contribution in [0.1, 0.15) is 49.8 Å². The minimum atomic E-state index is -1.39. The molecule has 3 aliphatic heterocycles. The van der Waals surface area contributed by atoms with Crippen LogP contribution in [0.2, 0.25) is 5.02 Å². The molecule has 0 aliphatic carbocycles. The zero-order valence-electron chi connectivity index (χ0n) is 27.7. The number of likely N-dealkylation sites (tertiary alicyclic amines) is 1. The number of ether oxygens (including phenoxy) is 2. The molecule has 1 spiro atoms. The standard InChI is InChI=1S/C37H43BrClN3O7/c1-5-8-17-28(44)40-20-27(23-14-10-9-11-15-23)48-36(47)29-30-34(45)42(24(7-3)21-43)33(37(30)19-25(38)32(29)49-37)35(46)41(18-6-2)31-22(4)13-12-16-26(31)39/h5-6,9-16,24-25,27,29-30,32-33,43H,1-2,7-8,17-21H2,3-4H3,(H,40,44)/t24-,25?,27-,29-,30+,32-,33-,37+/m0/s1. The molecule has 3 amide bonds. The Hall–Kier alpha value is -3.51. The lowest BCUT2D eigenvalue weighted by Crippen LogP contribution is -2.59. The van der Waals surface area contributed by atoms with Gasteiger partial charge in [-0.2, -0.15) is 0 Å². The summed E-state index contributed by atoms with van der Waals surface area (Å²) in [5.41, 5.74) is 0.512. The van der Waals surface area contributed by atoms with Crippen molar-refractivity contribution in [2.75, 3.05) is 24.6 Å². The number of hydrogen-bond donors (Lipinski definition) is 2. The monoisotopic (exact) mass is 755 g/mol. The van der Waals surface area contributed by atoms with Crippen LogP contribution < -0.4 is 10.2 Å². The number of fused-ring (bicyclic) bond motifs is 1. The molecule has 0 aromatic heterocycles. The summed E-state index contributed by atoms with van der Waals surface area (Å²) >= 11 is 10.4. The number of benzene rings is 2. The zero-order chi connectivity index (χ0) is 35.5. The highest BCUT2D eigenvalue weighted by Crippen LogP contribution is 2.61. The highest BCUT2D eigenvalue weighted by atomic mass is 79.9. The van der Waals surface area contributed by atoms with Crippen LogP contribution in [0.5, 0.6) is 0 Å². The molecule has 3 aliphatic rings. The number of nitrogens with zero attached hydrogens (tertiary/aromatic N) is 2. The van der Waals surface area contributed by atoms with Crippen LogP contribution >= 0.6 is 27.5 Å². The normalized spacial score (nSPS) is 26.5. The summed E-state index contributed by atoms with van der Waals surface area (Å²) in [5, 5.41) is 13.7. The number of hydrogen-bond acceptors (Lipinski definition) is 7. The highest BCUT2D eigenvalue weighted by molar-refractivity contribution is 9.09. The van der Waals surface area contributed by atoms with Gasteiger partial charge in [-0.25, -0.2) is 0 Å². The second-order valence-corrected chi connectivity index (χ2v) is 14.3. The molecule has 10 nitrogen and oxygen atoms in total. The van der Waals surface area contributed by atoms with Crippen LogP contribution in [0.25, 0.3) is 0 Å². The van der Waals surface area contributed by atoms with Gasteiger partial charge in [0.15, 0.2) is 0 Å². The van der Waals surface area contributed by atoms with E-state index >= 15 is 0 Å². The van der Waals surface area contributed by atoms with Crippen LogP contribution in [-0.2, 0) is 28.7 Å². The Labute approximate surface area is 300 Å². The van der Waals surface area contributed by atoms with E-state index in [-0.39, 0.29) is 43.3 Å². The molecule has 2 aromatic carbocycles. The number of esters is 1. The number of rotatable bonds is 15. The fraction of sp³-hybridized carbons (Fsp3) is 0.459. The fourth-order valence-electron chi connectivity index (χ4n) is 7.60. The molecule has 0 radical (unpaired) electrons. The summed E-state index contributed by atoms with van der Waals surface area (Å²) in [6.45, 7) is 10.9. The van der Waals surface area contributed by atoms with Gasteiger partial charge in [0.1, 0.15) is 17.7 Å². The van der Waals surface area contributed by atoms with Crippen LogP contribution in [-0.4, -0.2) is 82.0 Å². The minimum Gasteiger partial charge on any atom is -0.455 e. The number of halogens is 2. The molecule has 2 aromatic rings. The van der Waals surface area contributed by atoms with E-state index in [4.69, 9.17) is 21.1 Å². The summed E-state index contributed by atoms with van der Waals surface area (Å²) in [4.78, 5) is 58.9. The Morgan fingerprint density at radius 3 is 2.57 bits per heavy atom. The third kappa shape index (κ3) is 6.82. The second-order valence-electron chi connectivity index (χ2n) is 12.8. The smallest absolute Gasteiger partial charge is 0.313 e. The number of carbonyl (C=O) groups excluding carboxylic acids is 4. The average molecular weight is 757 g/mol. The van der Waals surface area contributed by atoms with Crippen molar-refractivity contribution in [3.8, 4) is 0 Å². The van der Waals surface area contributed by atoms with Crippen LogP contribution in [0.4, 0.5) is 5.69 Å². The van der Waals surface area contributed by atoms with Crippen LogP contribution in [0, 0.1) is 18.8 Å². The Bertz CT molecular complexity index is 1570. The Balaban J connectivity index is 1.53. The maximum atomic E-state index is 14.9. The number of alkyl halides is 1. The van der Waals surface area contributed by atoms with Gasteiger partial charge in [-0.1, -0.05) is 89.1 Å². The topological polar surface area (TPSA) is 125 Å². The molecule has 0 saturated carbocycles. The molecule has 5 rings (SSSR count). The van der Waals surface area contributed by atoms with Gasteiger partial charge in [0.2, 0.25) is 11.8 Å². The quantitative estimate of drug-likeness (QED) is 0.148. The summed E-state index contributed by atoms with van der Waals surface area (Å²) in [5.74, 6) is -3.89. The molecule has 8 atom stereocenters. The van der Waals surface area contributed by atoms with Crippen molar-refractivity contribution in [1.29, 1.82) is 0 Å². The predicted octanol–water partition coefficient (Wildman–Crippen LogP) is 5.05. The van der Waals surface area contributed by atoms with Crippen molar-refractivity contribution >= 4 is 56.9 Å². The lowest BCUT2D eigenvalue weighted by molar-refractivity contribution is -0.160. The van der Waals surface area contributed by atoms with E-state index in [9.17, 15) is 24.3 Å². The van der Waals surface area contributed by atoms with Crippen LogP contribution in [0.15, 0.2) is 73.8 Å². The molecule has 2 bridgehead atoms. The SMILES string of the molecule is C=CCCC(=O)NC[C@H](OC(=O)[C@@H]1[C@H]2O[C@@]3(CC2Br)[C@H](C(=O)N(CC=C)c2c(C)cccc2Cl)N([C@@H](CC)CO)C(=O)[C@@H]13)c1ccccc1. The summed E-state index contributed by atoms with van der Waals surface area (Å²) < 4.78 is 12.8. The van der Waals surface area contributed by atoms with Gasteiger partial charge in [0, 0.05) is 17.8 Å². The number of aliphatic hydroxyl groups is 1. The van der Waals surface area contributed by atoms with Crippen molar-refractivity contribution in [2.45, 2.75) is 74.3 Å². The third-order valence-corrected chi connectivity index (χ3v) is 11.0. The molecular weight excluding hydrogens is 714 g/mol. The van der Waals surface area contributed by atoms with Crippen molar-refractivity contribution in [3.05, 3.63) is 90.0 Å². The van der Waals surface area contributed by atoms with E-state index in [1.165, 1.54) is 9.80 Å². The van der Waals surface area contributed by atoms with Crippen molar-refractivity contribution in [1.82, 2.24) is 10.2 Å². The Morgan fingerprint density at radius 2 is 1.94 bits per heavy atom. The van der Waals surface area contributed by atoms with Gasteiger partial charge in [0.05, 0.1) is 47.8 Å². The molecule has 1 unspecified atom stereocenters. The first-order valence-electron chi connectivity index (χ1n) is 16.6. The number of anilines is 1. The van der Waals surface area contributed by atoms with E-state index in [0.29, 0.717) is 29.1 Å².